The van der Waals surface area contributed by atoms with E-state index in [-0.39, 0.29) is 35.9 Å². The SMILES string of the molecule is Cc1ccc(Nc2ncc3c(n2)N(C)C(=O)N(c2cc(C(=O)N[C@H](C(=O)N4CCC[C@H]4C(=O)NC(C)(C)C(=O)N[C@@H](CC(C)C)C(=O)N(C)C)C(C)C)ccc2C)C3)cn1. The Kier molecular flexibility index (Phi) is 13.8. The van der Waals surface area contributed by atoms with Gasteiger partial charge in [0, 0.05) is 56.4 Å². The Morgan fingerprint density at radius 2 is 1.68 bits per heavy atom. The molecule has 7 amide bonds. The highest BCUT2D eigenvalue weighted by Crippen LogP contribution is 2.33. The number of carbonyl (C=O) groups is 6. The molecule has 2 aromatic heterocycles. The van der Waals surface area contributed by atoms with Crippen molar-refractivity contribution < 1.29 is 28.8 Å². The number of aryl methyl sites for hydroxylation is 2. The van der Waals surface area contributed by atoms with Crippen molar-refractivity contribution in [3.63, 3.8) is 0 Å². The Labute approximate surface area is 352 Å². The van der Waals surface area contributed by atoms with Crippen LogP contribution in [0, 0.1) is 25.7 Å². The number of hydrogen-bond donors (Lipinski definition) is 4. The average Bonchev–Trinajstić information content (AvgIpc) is 3.69. The highest BCUT2D eigenvalue weighted by atomic mass is 16.2. The Bertz CT molecular complexity index is 2120. The van der Waals surface area contributed by atoms with E-state index in [4.69, 9.17) is 0 Å². The molecule has 1 aromatic carbocycles. The summed E-state index contributed by atoms with van der Waals surface area (Å²) in [6, 6.07) is 5.78. The van der Waals surface area contributed by atoms with Crippen LogP contribution >= 0.6 is 0 Å². The van der Waals surface area contributed by atoms with Gasteiger partial charge in [0.2, 0.25) is 29.6 Å². The Morgan fingerprint density at radius 1 is 0.967 bits per heavy atom. The molecular weight excluding hydrogens is 767 g/mol. The third-order valence-electron chi connectivity index (χ3n) is 10.7. The van der Waals surface area contributed by atoms with Crippen LogP contribution in [0.5, 0.6) is 0 Å². The molecule has 322 valence electrons. The number of aromatic nitrogens is 3. The summed E-state index contributed by atoms with van der Waals surface area (Å²) in [5.41, 5.74) is 2.38. The van der Waals surface area contributed by atoms with Gasteiger partial charge in [-0.05, 0) is 88.6 Å². The van der Waals surface area contributed by atoms with Gasteiger partial charge >= 0.3 is 6.03 Å². The van der Waals surface area contributed by atoms with Crippen molar-refractivity contribution in [3.05, 3.63) is 65.1 Å². The number of fused-ring (bicyclic) bond motifs is 1. The van der Waals surface area contributed by atoms with Crippen LogP contribution in [0.4, 0.5) is 27.9 Å². The number of likely N-dealkylation sites (N-methyl/N-ethyl adjacent to an activating group) is 1. The zero-order chi connectivity index (χ0) is 44.2. The zero-order valence-electron chi connectivity index (χ0n) is 36.5. The molecule has 60 heavy (non-hydrogen) atoms. The van der Waals surface area contributed by atoms with Crippen LogP contribution in [0.2, 0.25) is 0 Å². The number of nitrogens with one attached hydrogen (secondary N) is 4. The minimum absolute atomic E-state index is 0.132. The third-order valence-corrected chi connectivity index (χ3v) is 10.7. The highest BCUT2D eigenvalue weighted by molar-refractivity contribution is 6.07. The third kappa shape index (κ3) is 10.2. The number of rotatable bonds is 14. The van der Waals surface area contributed by atoms with E-state index in [0.717, 1.165) is 11.3 Å². The topological polar surface area (TPSA) is 202 Å². The van der Waals surface area contributed by atoms with Crippen LogP contribution in [0.15, 0.2) is 42.7 Å². The summed E-state index contributed by atoms with van der Waals surface area (Å²) in [6.45, 7) is 14.8. The molecule has 4 N–H and O–H groups in total. The molecule has 5 rings (SSSR count). The molecule has 1 saturated heterocycles. The highest BCUT2D eigenvalue weighted by Gasteiger charge is 2.42. The number of nitrogens with zero attached hydrogens (tertiary/aromatic N) is 7. The average molecular weight is 826 g/mol. The van der Waals surface area contributed by atoms with E-state index < -0.39 is 47.3 Å². The maximum atomic E-state index is 14.2. The van der Waals surface area contributed by atoms with Crippen molar-refractivity contribution in [1.29, 1.82) is 0 Å². The standard InChI is InChI=1S/C43H59N11O6/c1-24(2)19-31(38(57)51(9)10)47-40(59)43(7,8)50-37(56)32-13-12-18-53(32)39(58)34(25(3)4)48-36(55)28-16-14-26(5)33(20-28)54-23-29-21-45-41(49-35(29)52(11)42(54)60)46-30-17-15-27(6)44-22-30/h14-17,20-22,24-25,31-32,34H,12-13,18-19,23H2,1-11H3,(H,47,59)(H,48,55)(H,50,56)(H,45,46,49)/t31-,32-,34-/m0/s1. The van der Waals surface area contributed by atoms with Crippen LogP contribution < -0.4 is 31.1 Å². The second kappa shape index (κ2) is 18.4. The van der Waals surface area contributed by atoms with Crippen LogP contribution in [0.25, 0.3) is 0 Å². The molecule has 0 radical (unpaired) electrons. The van der Waals surface area contributed by atoms with Crippen molar-refractivity contribution in [1.82, 2.24) is 40.7 Å². The van der Waals surface area contributed by atoms with Gasteiger partial charge in [0.05, 0.1) is 18.4 Å². The lowest BCUT2D eigenvalue weighted by atomic mass is 9.98. The lowest BCUT2D eigenvalue weighted by molar-refractivity contribution is -0.143. The summed E-state index contributed by atoms with van der Waals surface area (Å²) in [7, 11) is 4.87. The van der Waals surface area contributed by atoms with Gasteiger partial charge in [0.1, 0.15) is 29.5 Å². The van der Waals surface area contributed by atoms with Crippen molar-refractivity contribution in [3.8, 4) is 0 Å². The lowest BCUT2D eigenvalue weighted by Crippen LogP contribution is -2.62. The van der Waals surface area contributed by atoms with E-state index in [0.29, 0.717) is 54.5 Å². The van der Waals surface area contributed by atoms with E-state index in [2.05, 4.69) is 36.2 Å². The number of carbonyl (C=O) groups excluding carboxylic acids is 6. The van der Waals surface area contributed by atoms with Crippen LogP contribution in [0.3, 0.4) is 0 Å². The van der Waals surface area contributed by atoms with Gasteiger partial charge in [-0.3, -0.25) is 38.8 Å². The molecule has 4 heterocycles. The normalized spacial score (nSPS) is 16.3. The van der Waals surface area contributed by atoms with Gasteiger partial charge in [-0.2, -0.15) is 4.98 Å². The summed E-state index contributed by atoms with van der Waals surface area (Å²) in [5.74, 6) is -1.66. The molecule has 17 nitrogen and oxygen atoms in total. The van der Waals surface area contributed by atoms with Crippen molar-refractivity contribution in [2.45, 2.75) is 105 Å². The minimum Gasteiger partial charge on any atom is -0.347 e. The van der Waals surface area contributed by atoms with Crippen molar-refractivity contribution in [2.24, 2.45) is 11.8 Å². The summed E-state index contributed by atoms with van der Waals surface area (Å²) < 4.78 is 0. The smallest absolute Gasteiger partial charge is 0.330 e. The van der Waals surface area contributed by atoms with Gasteiger partial charge in [-0.15, -0.1) is 0 Å². The molecule has 0 spiro atoms. The van der Waals surface area contributed by atoms with Gasteiger partial charge in [-0.1, -0.05) is 33.8 Å². The Balaban J connectivity index is 1.28. The van der Waals surface area contributed by atoms with Crippen molar-refractivity contribution >= 4 is 58.7 Å². The van der Waals surface area contributed by atoms with Gasteiger partial charge in [-0.25, -0.2) is 9.78 Å². The maximum Gasteiger partial charge on any atom is 0.330 e. The predicted octanol–water partition coefficient (Wildman–Crippen LogP) is 4.07. The number of benzene rings is 1. The van der Waals surface area contributed by atoms with Crippen LogP contribution in [-0.2, 0) is 25.7 Å². The number of urea groups is 1. The fourth-order valence-electron chi connectivity index (χ4n) is 7.28. The molecule has 2 aliphatic rings. The molecule has 0 aliphatic carbocycles. The summed E-state index contributed by atoms with van der Waals surface area (Å²) in [4.78, 5) is 101. The molecule has 3 aromatic rings. The number of hydrogen-bond acceptors (Lipinski definition) is 10. The monoisotopic (exact) mass is 825 g/mol. The number of pyridine rings is 1. The van der Waals surface area contributed by atoms with Gasteiger partial charge < -0.3 is 31.1 Å². The Hall–Kier alpha value is -6.13. The van der Waals surface area contributed by atoms with Gasteiger partial charge in [0.15, 0.2) is 0 Å². The molecule has 0 bridgehead atoms. The first-order chi connectivity index (χ1) is 28.2. The maximum absolute atomic E-state index is 14.2. The molecule has 2 aliphatic heterocycles. The van der Waals surface area contributed by atoms with E-state index >= 15 is 0 Å². The van der Waals surface area contributed by atoms with E-state index in [1.54, 1.807) is 70.5 Å². The first-order valence-electron chi connectivity index (χ1n) is 20.3. The quantitative estimate of drug-likeness (QED) is 0.184. The molecule has 0 unspecified atom stereocenters. The second-order valence-corrected chi connectivity index (χ2v) is 17.2. The molecule has 0 saturated carbocycles. The molecular formula is C43H59N11O6. The predicted molar refractivity (Wildman–Crippen MR) is 229 cm³/mol. The zero-order valence-corrected chi connectivity index (χ0v) is 36.5. The summed E-state index contributed by atoms with van der Waals surface area (Å²) in [5, 5.41) is 11.6. The lowest BCUT2D eigenvalue weighted by Gasteiger charge is -2.35. The number of amides is 7. The molecule has 1 fully saturated rings. The fourth-order valence-corrected chi connectivity index (χ4v) is 7.28. The molecule has 17 heteroatoms. The fraction of sp³-hybridized carbons (Fsp3) is 0.512. The molecule has 3 atom stereocenters. The van der Waals surface area contributed by atoms with Crippen molar-refractivity contribution in [2.75, 3.05) is 42.8 Å². The van der Waals surface area contributed by atoms with E-state index in [1.807, 2.05) is 53.7 Å². The second-order valence-electron chi connectivity index (χ2n) is 17.2. The first kappa shape index (κ1) is 45.0. The number of anilines is 4. The van der Waals surface area contributed by atoms with Crippen LogP contribution in [-0.4, -0.2) is 112 Å². The largest absolute Gasteiger partial charge is 0.347 e. The van der Waals surface area contributed by atoms with Gasteiger partial charge in [0.25, 0.3) is 5.91 Å². The van der Waals surface area contributed by atoms with Crippen LogP contribution in [0.1, 0.15) is 88.0 Å². The summed E-state index contributed by atoms with van der Waals surface area (Å²) in [6.07, 6.45) is 4.69. The Morgan fingerprint density at radius 3 is 2.32 bits per heavy atom. The summed E-state index contributed by atoms with van der Waals surface area (Å²) >= 11 is 0. The van der Waals surface area contributed by atoms with E-state index in [9.17, 15) is 28.8 Å². The minimum atomic E-state index is -1.40. The number of likely N-dealkylation sites (tertiary alicyclic amines) is 1. The first-order valence-corrected chi connectivity index (χ1v) is 20.3. The van der Waals surface area contributed by atoms with E-state index in [1.165, 1.54) is 14.7 Å².